The van der Waals surface area contributed by atoms with Crippen LogP contribution in [-0.2, 0) is 16.4 Å². The molecule has 1 aromatic rings. The highest BCUT2D eigenvalue weighted by Gasteiger charge is 2.21. The smallest absolute Gasteiger partial charge is 0.152 e. The molecular weight excluding hydrogens is 250 g/mol. The molecular formula is C12H19N3O2S. The maximum absolute atomic E-state index is 11.6. The predicted octanol–water partition coefficient (Wildman–Crippen LogP) is 0.426. The van der Waals surface area contributed by atoms with E-state index in [1.54, 1.807) is 6.20 Å². The Morgan fingerprint density at radius 2 is 2.22 bits per heavy atom. The molecule has 0 atom stereocenters. The number of nitrogens with zero attached hydrogens (tertiary/aromatic N) is 2. The Kier molecular flexibility index (Phi) is 4.19. The van der Waals surface area contributed by atoms with Gasteiger partial charge in [0.1, 0.15) is 5.82 Å². The number of rotatable bonds is 3. The lowest BCUT2D eigenvalue weighted by Gasteiger charge is -2.23. The number of sulfone groups is 1. The number of anilines is 1. The lowest BCUT2D eigenvalue weighted by Crippen LogP contribution is -2.29. The first-order chi connectivity index (χ1) is 8.62. The average Bonchev–Trinajstić information content (AvgIpc) is 2.52. The Hall–Kier alpha value is -1.14. The lowest BCUT2D eigenvalue weighted by molar-refractivity contribution is 0.597. The second kappa shape index (κ2) is 5.67. The molecule has 2 rings (SSSR count). The predicted molar refractivity (Wildman–Crippen MR) is 72.5 cm³/mol. The van der Waals surface area contributed by atoms with Gasteiger partial charge in [0.05, 0.1) is 11.5 Å². The van der Waals surface area contributed by atoms with Gasteiger partial charge in [-0.3, -0.25) is 0 Å². The minimum atomic E-state index is -2.87. The highest BCUT2D eigenvalue weighted by atomic mass is 32.2. The number of hydrogen-bond acceptors (Lipinski definition) is 5. The highest BCUT2D eigenvalue weighted by molar-refractivity contribution is 7.91. The van der Waals surface area contributed by atoms with Crippen molar-refractivity contribution < 1.29 is 8.42 Å². The summed E-state index contributed by atoms with van der Waals surface area (Å²) in [6.45, 7) is 2.04. The zero-order valence-corrected chi connectivity index (χ0v) is 11.4. The molecule has 0 saturated carbocycles. The van der Waals surface area contributed by atoms with Crippen molar-refractivity contribution in [3.8, 4) is 0 Å². The van der Waals surface area contributed by atoms with Gasteiger partial charge in [-0.1, -0.05) is 6.07 Å². The van der Waals surface area contributed by atoms with Gasteiger partial charge >= 0.3 is 0 Å². The summed E-state index contributed by atoms with van der Waals surface area (Å²) in [5.74, 6) is 1.42. The second-order valence-electron chi connectivity index (χ2n) is 4.51. The van der Waals surface area contributed by atoms with E-state index in [9.17, 15) is 8.42 Å². The lowest BCUT2D eigenvalue weighted by atomic mass is 10.2. The van der Waals surface area contributed by atoms with Crippen molar-refractivity contribution >= 4 is 15.7 Å². The summed E-state index contributed by atoms with van der Waals surface area (Å²) in [6, 6.07) is 3.93. The minimum Gasteiger partial charge on any atom is -0.355 e. The summed E-state index contributed by atoms with van der Waals surface area (Å²) in [5, 5.41) is 3.11. The van der Waals surface area contributed by atoms with Crippen LogP contribution in [0.15, 0.2) is 18.3 Å². The van der Waals surface area contributed by atoms with Crippen LogP contribution in [0.25, 0.3) is 0 Å². The SMILES string of the molecule is CNCc1cccnc1N1CCCS(=O)(=O)CC1. The molecule has 100 valence electrons. The van der Waals surface area contributed by atoms with Crippen LogP contribution in [0.2, 0.25) is 0 Å². The largest absolute Gasteiger partial charge is 0.355 e. The van der Waals surface area contributed by atoms with E-state index in [1.807, 2.05) is 19.2 Å². The molecule has 1 aliphatic heterocycles. The van der Waals surface area contributed by atoms with Gasteiger partial charge in [-0.25, -0.2) is 13.4 Å². The summed E-state index contributed by atoms with van der Waals surface area (Å²) < 4.78 is 23.2. The van der Waals surface area contributed by atoms with E-state index in [2.05, 4.69) is 15.2 Å². The monoisotopic (exact) mass is 269 g/mol. The van der Waals surface area contributed by atoms with E-state index < -0.39 is 9.84 Å². The quantitative estimate of drug-likeness (QED) is 0.862. The molecule has 0 aromatic carbocycles. The Balaban J connectivity index is 2.20. The van der Waals surface area contributed by atoms with Gasteiger partial charge in [0.2, 0.25) is 0 Å². The molecule has 1 fully saturated rings. The van der Waals surface area contributed by atoms with Crippen molar-refractivity contribution in [2.45, 2.75) is 13.0 Å². The summed E-state index contributed by atoms with van der Waals surface area (Å²) in [5.41, 5.74) is 1.11. The van der Waals surface area contributed by atoms with Crippen LogP contribution < -0.4 is 10.2 Å². The maximum Gasteiger partial charge on any atom is 0.152 e. The van der Waals surface area contributed by atoms with Crippen molar-refractivity contribution in [2.24, 2.45) is 0 Å². The third-order valence-corrected chi connectivity index (χ3v) is 4.81. The van der Waals surface area contributed by atoms with E-state index in [4.69, 9.17) is 0 Å². The third kappa shape index (κ3) is 3.20. The zero-order valence-electron chi connectivity index (χ0n) is 10.6. The molecule has 0 unspecified atom stereocenters. The molecule has 2 heterocycles. The molecule has 0 bridgehead atoms. The first-order valence-corrected chi connectivity index (χ1v) is 7.98. The molecule has 1 aromatic heterocycles. The van der Waals surface area contributed by atoms with Gasteiger partial charge in [0.25, 0.3) is 0 Å². The zero-order chi connectivity index (χ0) is 13.0. The van der Waals surface area contributed by atoms with Crippen molar-refractivity contribution in [3.63, 3.8) is 0 Å². The summed E-state index contributed by atoms with van der Waals surface area (Å²) in [7, 11) is -0.978. The van der Waals surface area contributed by atoms with E-state index in [-0.39, 0.29) is 11.5 Å². The molecule has 0 amide bonds. The maximum atomic E-state index is 11.6. The summed E-state index contributed by atoms with van der Waals surface area (Å²) in [4.78, 5) is 6.48. The van der Waals surface area contributed by atoms with Crippen LogP contribution in [0.3, 0.4) is 0 Å². The standard InChI is InChI=1S/C12H19N3O2S/c1-13-10-11-4-2-5-14-12(11)15-6-3-8-18(16,17)9-7-15/h2,4-5,13H,3,6-10H2,1H3. The van der Waals surface area contributed by atoms with Gasteiger partial charge in [-0.15, -0.1) is 0 Å². The van der Waals surface area contributed by atoms with Crippen molar-refractivity contribution in [3.05, 3.63) is 23.9 Å². The Labute approximate surface area is 108 Å². The van der Waals surface area contributed by atoms with E-state index in [0.717, 1.165) is 24.5 Å². The summed E-state index contributed by atoms with van der Waals surface area (Å²) in [6.07, 6.45) is 2.44. The van der Waals surface area contributed by atoms with Crippen LogP contribution >= 0.6 is 0 Å². The molecule has 0 spiro atoms. The third-order valence-electron chi connectivity index (χ3n) is 3.09. The first kappa shape index (κ1) is 13.3. The van der Waals surface area contributed by atoms with Crippen LogP contribution in [0, 0.1) is 0 Å². The fourth-order valence-electron chi connectivity index (χ4n) is 2.19. The van der Waals surface area contributed by atoms with E-state index in [0.29, 0.717) is 13.0 Å². The number of hydrogen-bond donors (Lipinski definition) is 1. The average molecular weight is 269 g/mol. The fraction of sp³-hybridized carbons (Fsp3) is 0.583. The van der Waals surface area contributed by atoms with Crippen LogP contribution in [-0.4, -0.2) is 45.0 Å². The van der Waals surface area contributed by atoms with Crippen LogP contribution in [0.4, 0.5) is 5.82 Å². The fourth-order valence-corrected chi connectivity index (χ4v) is 3.47. The highest BCUT2D eigenvalue weighted by Crippen LogP contribution is 2.19. The van der Waals surface area contributed by atoms with Crippen molar-refractivity contribution in [2.75, 3.05) is 36.5 Å². The topological polar surface area (TPSA) is 62.3 Å². The number of aromatic nitrogens is 1. The van der Waals surface area contributed by atoms with Crippen LogP contribution in [0.1, 0.15) is 12.0 Å². The van der Waals surface area contributed by atoms with Gasteiger partial charge in [0, 0.05) is 31.4 Å². The molecule has 0 radical (unpaired) electrons. The van der Waals surface area contributed by atoms with Gasteiger partial charge in [-0.2, -0.15) is 0 Å². The normalized spacial score (nSPS) is 19.5. The van der Waals surface area contributed by atoms with Gasteiger partial charge < -0.3 is 10.2 Å². The second-order valence-corrected chi connectivity index (χ2v) is 6.81. The minimum absolute atomic E-state index is 0.225. The summed E-state index contributed by atoms with van der Waals surface area (Å²) >= 11 is 0. The Morgan fingerprint density at radius 1 is 1.39 bits per heavy atom. The van der Waals surface area contributed by atoms with E-state index in [1.165, 1.54) is 0 Å². The van der Waals surface area contributed by atoms with Gasteiger partial charge in [0.15, 0.2) is 9.84 Å². The van der Waals surface area contributed by atoms with Crippen LogP contribution in [0.5, 0.6) is 0 Å². The molecule has 1 saturated heterocycles. The number of nitrogens with one attached hydrogen (secondary N) is 1. The molecule has 1 aliphatic rings. The van der Waals surface area contributed by atoms with Crippen molar-refractivity contribution in [1.82, 2.24) is 10.3 Å². The Morgan fingerprint density at radius 3 is 3.00 bits per heavy atom. The first-order valence-electron chi connectivity index (χ1n) is 6.16. The molecule has 18 heavy (non-hydrogen) atoms. The molecule has 1 N–H and O–H groups in total. The molecule has 5 nitrogen and oxygen atoms in total. The van der Waals surface area contributed by atoms with E-state index >= 15 is 0 Å². The Bertz CT molecular complexity index is 502. The molecule has 6 heteroatoms. The van der Waals surface area contributed by atoms with Crippen molar-refractivity contribution in [1.29, 1.82) is 0 Å². The number of pyridine rings is 1. The van der Waals surface area contributed by atoms with Gasteiger partial charge in [-0.05, 0) is 19.5 Å². The molecule has 0 aliphatic carbocycles.